The standard InChI is InChI=1S/C22H25FINO5.H2S/c1-22(2,3)30-21(27)25-18(20(26)28-4)12-15-10-16(23)19(17(24)11-15)29-13-14-8-6-5-7-9-14;/h5-11,18H,12-13H2,1-4H3,(H,25,27);1H2/t18-;/m0./s1. The van der Waals surface area contributed by atoms with Gasteiger partial charge in [-0.05, 0) is 66.6 Å². The number of ether oxygens (including phenoxy) is 3. The predicted molar refractivity (Wildman–Crippen MR) is 129 cm³/mol. The number of carbonyl (C=O) groups is 2. The molecule has 2 rings (SSSR count). The number of rotatable bonds is 7. The Labute approximate surface area is 202 Å². The van der Waals surface area contributed by atoms with Crippen molar-refractivity contribution < 1.29 is 28.2 Å². The van der Waals surface area contributed by atoms with E-state index in [9.17, 15) is 14.0 Å². The van der Waals surface area contributed by atoms with E-state index >= 15 is 0 Å². The summed E-state index contributed by atoms with van der Waals surface area (Å²) in [5.74, 6) is -1.06. The molecular formula is C22H27FINO5S. The average Bonchev–Trinajstić information content (AvgIpc) is 2.65. The Kier molecular flexibility index (Phi) is 10.6. The summed E-state index contributed by atoms with van der Waals surface area (Å²) in [6.07, 6.45) is -0.714. The van der Waals surface area contributed by atoms with Crippen LogP contribution in [0, 0.1) is 9.39 Å². The summed E-state index contributed by atoms with van der Waals surface area (Å²) in [6.45, 7) is 5.38. The molecule has 0 unspecified atom stereocenters. The molecule has 2 aromatic rings. The van der Waals surface area contributed by atoms with Crippen LogP contribution in [0.5, 0.6) is 5.75 Å². The van der Waals surface area contributed by atoms with Crippen LogP contribution in [0.2, 0.25) is 0 Å². The molecule has 0 radical (unpaired) electrons. The van der Waals surface area contributed by atoms with E-state index in [-0.39, 0.29) is 32.3 Å². The summed E-state index contributed by atoms with van der Waals surface area (Å²) in [6, 6.07) is 11.4. The SMILES string of the molecule is COC(=O)[C@H](Cc1cc(F)c(OCc2ccccc2)c(I)c1)NC(=O)OC(C)(C)C.S. The Hall–Kier alpha value is -2.01. The van der Waals surface area contributed by atoms with Crippen molar-refractivity contribution in [1.29, 1.82) is 0 Å². The first kappa shape index (κ1) is 27.0. The monoisotopic (exact) mass is 563 g/mol. The number of alkyl carbamates (subject to hydrolysis) is 1. The van der Waals surface area contributed by atoms with E-state index in [0.29, 0.717) is 9.13 Å². The fourth-order valence-electron chi connectivity index (χ4n) is 2.62. The number of amides is 1. The van der Waals surface area contributed by atoms with Gasteiger partial charge in [0.15, 0.2) is 11.6 Å². The normalized spacial score (nSPS) is 11.7. The molecule has 1 N–H and O–H groups in total. The fourth-order valence-corrected chi connectivity index (χ4v) is 3.43. The van der Waals surface area contributed by atoms with Crippen molar-refractivity contribution in [2.75, 3.05) is 7.11 Å². The van der Waals surface area contributed by atoms with E-state index in [2.05, 4.69) is 5.32 Å². The first-order valence-corrected chi connectivity index (χ1v) is 10.4. The maximum atomic E-state index is 14.7. The molecule has 0 bridgehead atoms. The molecule has 0 heterocycles. The second-order valence-electron chi connectivity index (χ2n) is 7.59. The molecule has 31 heavy (non-hydrogen) atoms. The van der Waals surface area contributed by atoms with Gasteiger partial charge in [0.2, 0.25) is 0 Å². The molecule has 0 aliphatic carbocycles. The van der Waals surface area contributed by atoms with Crippen LogP contribution in [0.25, 0.3) is 0 Å². The highest BCUT2D eigenvalue weighted by Gasteiger charge is 2.26. The number of carbonyl (C=O) groups excluding carboxylic acids is 2. The number of esters is 1. The van der Waals surface area contributed by atoms with Gasteiger partial charge < -0.3 is 19.5 Å². The summed E-state index contributed by atoms with van der Waals surface area (Å²) in [5, 5.41) is 2.48. The van der Waals surface area contributed by atoms with E-state index in [1.165, 1.54) is 13.2 Å². The van der Waals surface area contributed by atoms with Crippen molar-refractivity contribution >= 4 is 48.1 Å². The van der Waals surface area contributed by atoms with Gasteiger partial charge in [0.05, 0.1) is 10.7 Å². The van der Waals surface area contributed by atoms with Crippen LogP contribution in [-0.4, -0.2) is 30.8 Å². The molecule has 0 aromatic heterocycles. The summed E-state index contributed by atoms with van der Waals surface area (Å²) >= 11 is 1.98. The molecule has 0 saturated heterocycles. The lowest BCUT2D eigenvalue weighted by Gasteiger charge is -2.22. The highest BCUT2D eigenvalue weighted by atomic mass is 127. The molecule has 0 aliphatic rings. The van der Waals surface area contributed by atoms with Crippen LogP contribution in [0.4, 0.5) is 9.18 Å². The molecule has 0 fully saturated rings. The van der Waals surface area contributed by atoms with Gasteiger partial charge in [-0.3, -0.25) is 0 Å². The van der Waals surface area contributed by atoms with E-state index in [1.807, 2.05) is 52.9 Å². The zero-order valence-electron chi connectivity index (χ0n) is 17.8. The van der Waals surface area contributed by atoms with Gasteiger partial charge in [0, 0.05) is 6.42 Å². The van der Waals surface area contributed by atoms with Gasteiger partial charge in [-0.15, -0.1) is 0 Å². The van der Waals surface area contributed by atoms with Crippen LogP contribution in [0.15, 0.2) is 42.5 Å². The number of nitrogens with one attached hydrogen (secondary N) is 1. The van der Waals surface area contributed by atoms with E-state index < -0.39 is 29.5 Å². The Morgan fingerprint density at radius 2 is 1.77 bits per heavy atom. The predicted octanol–water partition coefficient (Wildman–Crippen LogP) is 4.73. The minimum atomic E-state index is -1.02. The van der Waals surface area contributed by atoms with Crippen molar-refractivity contribution in [2.24, 2.45) is 0 Å². The third kappa shape index (κ3) is 8.94. The molecule has 1 atom stereocenters. The molecule has 1 amide bonds. The first-order chi connectivity index (χ1) is 14.1. The van der Waals surface area contributed by atoms with Crippen LogP contribution in [0.1, 0.15) is 31.9 Å². The van der Waals surface area contributed by atoms with E-state index in [1.54, 1.807) is 26.8 Å². The third-order valence-corrected chi connectivity index (χ3v) is 4.70. The summed E-state index contributed by atoms with van der Waals surface area (Å²) in [4.78, 5) is 24.2. The summed E-state index contributed by atoms with van der Waals surface area (Å²) < 4.78 is 30.8. The highest BCUT2D eigenvalue weighted by Crippen LogP contribution is 2.28. The smallest absolute Gasteiger partial charge is 0.408 e. The average molecular weight is 563 g/mol. The minimum Gasteiger partial charge on any atom is -0.485 e. The second-order valence-corrected chi connectivity index (χ2v) is 8.75. The van der Waals surface area contributed by atoms with Gasteiger partial charge >= 0.3 is 12.1 Å². The number of halogens is 2. The fraction of sp³-hybridized carbons (Fsp3) is 0.364. The van der Waals surface area contributed by atoms with Gasteiger partial charge in [-0.25, -0.2) is 14.0 Å². The molecule has 9 heteroatoms. The minimum absolute atomic E-state index is 0. The van der Waals surface area contributed by atoms with Gasteiger partial charge in [-0.1, -0.05) is 30.3 Å². The zero-order chi connectivity index (χ0) is 22.3. The molecule has 0 spiro atoms. The van der Waals surface area contributed by atoms with Crippen molar-refractivity contribution in [1.82, 2.24) is 5.32 Å². The lowest BCUT2D eigenvalue weighted by molar-refractivity contribution is -0.143. The Balaban J connectivity index is 0.00000480. The molecule has 0 saturated carbocycles. The maximum absolute atomic E-state index is 14.7. The van der Waals surface area contributed by atoms with Gasteiger partial charge in [-0.2, -0.15) is 13.5 Å². The van der Waals surface area contributed by atoms with Gasteiger partial charge in [0.1, 0.15) is 18.2 Å². The molecule has 170 valence electrons. The number of benzene rings is 2. The highest BCUT2D eigenvalue weighted by molar-refractivity contribution is 14.1. The number of hydrogen-bond donors (Lipinski definition) is 1. The number of methoxy groups -OCH3 is 1. The zero-order valence-corrected chi connectivity index (χ0v) is 21.0. The number of hydrogen-bond acceptors (Lipinski definition) is 5. The lowest BCUT2D eigenvalue weighted by atomic mass is 10.1. The molecule has 0 aliphatic heterocycles. The van der Waals surface area contributed by atoms with Crippen LogP contribution in [0.3, 0.4) is 0 Å². The molecular weight excluding hydrogens is 536 g/mol. The van der Waals surface area contributed by atoms with Crippen LogP contribution < -0.4 is 10.1 Å². The Morgan fingerprint density at radius 1 is 1.13 bits per heavy atom. The first-order valence-electron chi connectivity index (χ1n) is 9.31. The Morgan fingerprint density at radius 3 is 2.32 bits per heavy atom. The van der Waals surface area contributed by atoms with Crippen molar-refractivity contribution in [3.63, 3.8) is 0 Å². The molecule has 2 aromatic carbocycles. The third-order valence-electron chi connectivity index (χ3n) is 3.90. The van der Waals surface area contributed by atoms with Crippen molar-refractivity contribution in [3.05, 3.63) is 63.0 Å². The quantitative estimate of drug-likeness (QED) is 0.390. The summed E-state index contributed by atoms with van der Waals surface area (Å²) in [5.41, 5.74) is 0.712. The second kappa shape index (κ2) is 12.1. The Bertz CT molecular complexity index is 866. The van der Waals surface area contributed by atoms with Gasteiger partial charge in [0.25, 0.3) is 0 Å². The lowest BCUT2D eigenvalue weighted by Crippen LogP contribution is -2.45. The van der Waals surface area contributed by atoms with Crippen LogP contribution in [-0.2, 0) is 27.3 Å². The van der Waals surface area contributed by atoms with Crippen molar-refractivity contribution in [3.8, 4) is 5.75 Å². The maximum Gasteiger partial charge on any atom is 0.408 e. The largest absolute Gasteiger partial charge is 0.485 e. The topological polar surface area (TPSA) is 73.9 Å². The van der Waals surface area contributed by atoms with E-state index in [0.717, 1.165) is 5.56 Å². The van der Waals surface area contributed by atoms with E-state index in [4.69, 9.17) is 14.2 Å². The molecule has 6 nitrogen and oxygen atoms in total. The van der Waals surface area contributed by atoms with Crippen molar-refractivity contribution in [2.45, 2.75) is 45.4 Å². The summed E-state index contributed by atoms with van der Waals surface area (Å²) in [7, 11) is 1.22. The van der Waals surface area contributed by atoms with Crippen LogP contribution >= 0.6 is 36.1 Å².